The zero-order valence-corrected chi connectivity index (χ0v) is 12.9. The van der Waals surface area contributed by atoms with Crippen molar-refractivity contribution >= 4 is 7.12 Å². The average molecular weight is 271 g/mol. The van der Waals surface area contributed by atoms with Crippen LogP contribution < -0.4 is 0 Å². The minimum atomic E-state index is -0.471. The van der Waals surface area contributed by atoms with E-state index in [9.17, 15) is 5.26 Å². The molecule has 1 aliphatic heterocycles. The predicted molar refractivity (Wildman–Crippen MR) is 80.1 cm³/mol. The van der Waals surface area contributed by atoms with Gasteiger partial charge in [-0.1, -0.05) is 37.3 Å². The fourth-order valence-corrected chi connectivity index (χ4v) is 2.41. The zero-order valence-electron chi connectivity index (χ0n) is 12.9. The maximum atomic E-state index is 9.22. The lowest BCUT2D eigenvalue weighted by Gasteiger charge is -2.32. The lowest BCUT2D eigenvalue weighted by Crippen LogP contribution is -2.43. The summed E-state index contributed by atoms with van der Waals surface area (Å²) in [6.07, 6.45) is 0.355. The maximum Gasteiger partial charge on any atom is 0.469 e. The molecule has 0 unspecified atom stereocenters. The Kier molecular flexibility index (Phi) is 3.70. The van der Waals surface area contributed by atoms with Crippen LogP contribution >= 0.6 is 0 Å². The average Bonchev–Trinajstić information content (AvgIpc) is 2.60. The molecule has 1 fully saturated rings. The van der Waals surface area contributed by atoms with Crippen molar-refractivity contribution in [2.75, 3.05) is 0 Å². The van der Waals surface area contributed by atoms with Gasteiger partial charge in [-0.25, -0.2) is 0 Å². The van der Waals surface area contributed by atoms with Crippen molar-refractivity contribution in [1.29, 1.82) is 5.26 Å². The normalized spacial score (nSPS) is 23.1. The molecule has 1 aromatic rings. The van der Waals surface area contributed by atoms with E-state index in [4.69, 9.17) is 9.31 Å². The van der Waals surface area contributed by atoms with Gasteiger partial charge in [0.1, 0.15) is 0 Å². The largest absolute Gasteiger partial charge is 0.469 e. The van der Waals surface area contributed by atoms with E-state index in [1.165, 1.54) is 0 Å². The fraction of sp³-hybridized carbons (Fsp3) is 0.562. The summed E-state index contributed by atoms with van der Waals surface area (Å²) in [5.41, 5.74) is 0.298. The SMILES string of the molecule is CC1(C)OB([C@](C)(CC#N)c2ccccc2)OC1(C)C. The molecule has 1 aromatic carbocycles. The van der Waals surface area contributed by atoms with Gasteiger partial charge in [0.05, 0.1) is 17.3 Å². The van der Waals surface area contributed by atoms with Crippen LogP contribution in [0.5, 0.6) is 0 Å². The van der Waals surface area contributed by atoms with Gasteiger partial charge in [-0.15, -0.1) is 0 Å². The molecule has 1 aliphatic rings. The molecule has 3 nitrogen and oxygen atoms in total. The van der Waals surface area contributed by atoms with Gasteiger partial charge in [0.15, 0.2) is 0 Å². The van der Waals surface area contributed by atoms with E-state index in [-0.39, 0.29) is 11.2 Å². The first kappa shape index (κ1) is 15.1. The Balaban J connectivity index is 2.39. The lowest BCUT2D eigenvalue weighted by atomic mass is 9.53. The Morgan fingerprint density at radius 2 is 1.60 bits per heavy atom. The molecule has 1 saturated heterocycles. The monoisotopic (exact) mass is 271 g/mol. The number of hydrogen-bond acceptors (Lipinski definition) is 3. The fourth-order valence-electron chi connectivity index (χ4n) is 2.41. The number of hydrogen-bond donors (Lipinski definition) is 0. The van der Waals surface area contributed by atoms with Gasteiger partial charge in [-0.05, 0) is 33.3 Å². The van der Waals surface area contributed by atoms with Crippen LogP contribution in [0.4, 0.5) is 0 Å². The number of benzene rings is 1. The quantitative estimate of drug-likeness (QED) is 0.790. The molecule has 0 N–H and O–H groups in total. The van der Waals surface area contributed by atoms with Crippen LogP contribution in [0.15, 0.2) is 30.3 Å². The molecule has 0 bridgehead atoms. The van der Waals surface area contributed by atoms with E-state index >= 15 is 0 Å². The number of nitriles is 1. The summed E-state index contributed by atoms with van der Waals surface area (Å²) in [7, 11) is -0.422. The van der Waals surface area contributed by atoms with Gasteiger partial charge >= 0.3 is 7.12 Å². The Hall–Kier alpha value is -1.31. The first-order chi connectivity index (χ1) is 9.23. The molecule has 1 heterocycles. The second-order valence-corrected chi connectivity index (χ2v) is 6.71. The van der Waals surface area contributed by atoms with Gasteiger partial charge < -0.3 is 9.31 Å². The Morgan fingerprint density at radius 1 is 1.10 bits per heavy atom. The van der Waals surface area contributed by atoms with Crippen molar-refractivity contribution < 1.29 is 9.31 Å². The molecule has 0 aromatic heterocycles. The summed E-state index contributed by atoms with van der Waals surface area (Å²) >= 11 is 0. The molecule has 1 atom stereocenters. The first-order valence-corrected chi connectivity index (χ1v) is 7.01. The lowest BCUT2D eigenvalue weighted by molar-refractivity contribution is 0.00578. The van der Waals surface area contributed by atoms with Crippen LogP contribution in [0.2, 0.25) is 0 Å². The minimum Gasteiger partial charge on any atom is -0.403 e. The minimum absolute atomic E-state index is 0.355. The van der Waals surface area contributed by atoms with E-state index < -0.39 is 12.4 Å². The zero-order chi connectivity index (χ0) is 15.0. The standard InChI is InChI=1S/C16H22BNO2/c1-14(2)15(3,4)20-17(19-14)16(5,11-12-18)13-9-7-6-8-10-13/h6-10H,11H2,1-5H3/t16-/m1/s1. The molecule has 2 rings (SSSR count). The number of rotatable bonds is 3. The number of nitrogens with zero attached hydrogens (tertiary/aromatic N) is 1. The maximum absolute atomic E-state index is 9.22. The summed E-state index contributed by atoms with van der Waals surface area (Å²) in [5.74, 6) is 0. The van der Waals surface area contributed by atoms with Crippen LogP contribution in [0.25, 0.3) is 0 Å². The summed E-state index contributed by atoms with van der Waals surface area (Å²) in [4.78, 5) is 0. The van der Waals surface area contributed by atoms with Gasteiger partial charge in [0.2, 0.25) is 0 Å². The van der Waals surface area contributed by atoms with Crippen LogP contribution in [0.1, 0.15) is 46.6 Å². The molecular formula is C16H22BNO2. The first-order valence-electron chi connectivity index (χ1n) is 7.01. The molecule has 4 heteroatoms. The molecule has 0 spiro atoms. The van der Waals surface area contributed by atoms with E-state index in [0.29, 0.717) is 6.42 Å². The van der Waals surface area contributed by atoms with Crippen LogP contribution in [-0.2, 0) is 14.6 Å². The van der Waals surface area contributed by atoms with Crippen LogP contribution in [-0.4, -0.2) is 18.3 Å². The third kappa shape index (κ3) is 2.37. The Labute approximate surface area is 122 Å². The van der Waals surface area contributed by atoms with E-state index in [1.54, 1.807) is 0 Å². The highest BCUT2D eigenvalue weighted by atomic mass is 16.7. The molecule has 0 aliphatic carbocycles. The van der Waals surface area contributed by atoms with E-state index in [2.05, 4.69) is 6.07 Å². The van der Waals surface area contributed by atoms with Gasteiger partial charge in [-0.2, -0.15) is 5.26 Å². The molecule has 20 heavy (non-hydrogen) atoms. The summed E-state index contributed by atoms with van der Waals surface area (Å²) in [6.45, 7) is 10.2. The van der Waals surface area contributed by atoms with Gasteiger partial charge in [0.25, 0.3) is 0 Å². The summed E-state index contributed by atoms with van der Waals surface area (Å²) in [6, 6.07) is 12.3. The second-order valence-electron chi connectivity index (χ2n) is 6.71. The Morgan fingerprint density at radius 3 is 2.05 bits per heavy atom. The molecule has 0 amide bonds. The van der Waals surface area contributed by atoms with E-state index in [0.717, 1.165) is 5.56 Å². The molecule has 0 saturated carbocycles. The van der Waals surface area contributed by atoms with Crippen LogP contribution in [0, 0.1) is 11.3 Å². The highest BCUT2D eigenvalue weighted by Crippen LogP contribution is 2.44. The third-order valence-electron chi connectivity index (χ3n) is 4.65. The van der Waals surface area contributed by atoms with Gasteiger partial charge in [0, 0.05) is 11.7 Å². The molecular weight excluding hydrogens is 249 g/mol. The third-order valence-corrected chi connectivity index (χ3v) is 4.65. The Bertz CT molecular complexity index is 505. The van der Waals surface area contributed by atoms with Crippen molar-refractivity contribution in [1.82, 2.24) is 0 Å². The van der Waals surface area contributed by atoms with Crippen molar-refractivity contribution in [2.24, 2.45) is 0 Å². The van der Waals surface area contributed by atoms with Crippen molar-refractivity contribution in [2.45, 2.75) is 57.6 Å². The van der Waals surface area contributed by atoms with Crippen molar-refractivity contribution in [3.63, 3.8) is 0 Å². The topological polar surface area (TPSA) is 42.2 Å². The highest BCUT2D eigenvalue weighted by molar-refractivity contribution is 6.49. The highest BCUT2D eigenvalue weighted by Gasteiger charge is 2.58. The van der Waals surface area contributed by atoms with Crippen molar-refractivity contribution in [3.05, 3.63) is 35.9 Å². The van der Waals surface area contributed by atoms with E-state index in [1.807, 2.05) is 65.0 Å². The van der Waals surface area contributed by atoms with Crippen LogP contribution in [0.3, 0.4) is 0 Å². The molecule has 106 valence electrons. The van der Waals surface area contributed by atoms with Crippen molar-refractivity contribution in [3.8, 4) is 6.07 Å². The summed E-state index contributed by atoms with van der Waals surface area (Å²) in [5, 5.41) is 8.75. The van der Waals surface area contributed by atoms with Gasteiger partial charge in [-0.3, -0.25) is 0 Å². The smallest absolute Gasteiger partial charge is 0.403 e. The summed E-state index contributed by atoms with van der Waals surface area (Å²) < 4.78 is 12.3. The molecule has 0 radical (unpaired) electrons. The predicted octanol–water partition coefficient (Wildman–Crippen LogP) is 3.49. The second kappa shape index (κ2) is 4.91.